The van der Waals surface area contributed by atoms with E-state index in [9.17, 15) is 4.79 Å². The van der Waals surface area contributed by atoms with Crippen molar-refractivity contribution in [3.05, 3.63) is 42.0 Å². The molecule has 4 rings (SSSR count). The van der Waals surface area contributed by atoms with Crippen LogP contribution < -0.4 is 5.32 Å². The van der Waals surface area contributed by atoms with Crippen molar-refractivity contribution in [3.8, 4) is 11.1 Å². The largest absolute Gasteiger partial charge is 0.367 e. The van der Waals surface area contributed by atoms with Crippen LogP contribution in [0.1, 0.15) is 19.8 Å². The molecule has 1 aromatic carbocycles. The number of thiophene rings is 1. The summed E-state index contributed by atoms with van der Waals surface area (Å²) in [6.45, 7) is 3.24. The number of nitrogens with zero attached hydrogens (tertiary/aromatic N) is 3. The molecule has 0 radical (unpaired) electrons. The Bertz CT molecular complexity index is 885. The molecule has 1 aliphatic rings. The number of carbonyl (C=O) groups excluding carboxylic acids is 1. The molecule has 0 unspecified atom stereocenters. The second kappa shape index (κ2) is 6.80. The van der Waals surface area contributed by atoms with Crippen molar-refractivity contribution in [3.63, 3.8) is 0 Å². The number of aromatic nitrogens is 2. The van der Waals surface area contributed by atoms with Gasteiger partial charge in [0.05, 0.1) is 5.39 Å². The fourth-order valence-corrected chi connectivity index (χ4v) is 4.26. The van der Waals surface area contributed by atoms with E-state index >= 15 is 0 Å². The zero-order valence-electron chi connectivity index (χ0n) is 14.1. The summed E-state index contributed by atoms with van der Waals surface area (Å²) in [5.74, 6) is 1.05. The number of hydrogen-bond donors (Lipinski definition) is 1. The lowest BCUT2D eigenvalue weighted by Gasteiger charge is -2.32. The first-order valence-corrected chi connectivity index (χ1v) is 9.40. The molecule has 0 saturated carbocycles. The zero-order chi connectivity index (χ0) is 17.2. The molecule has 3 aromatic rings. The van der Waals surface area contributed by atoms with Gasteiger partial charge in [-0.2, -0.15) is 0 Å². The molecule has 0 aliphatic carbocycles. The second-order valence-electron chi connectivity index (χ2n) is 6.34. The Kier molecular flexibility index (Phi) is 4.36. The van der Waals surface area contributed by atoms with Gasteiger partial charge in [-0.3, -0.25) is 4.79 Å². The highest BCUT2D eigenvalue weighted by Gasteiger charge is 2.22. The van der Waals surface area contributed by atoms with Gasteiger partial charge in [0, 0.05) is 37.0 Å². The van der Waals surface area contributed by atoms with E-state index in [0.29, 0.717) is 6.04 Å². The molecule has 0 atom stereocenters. The van der Waals surface area contributed by atoms with Crippen LogP contribution in [-0.4, -0.2) is 39.9 Å². The average Bonchev–Trinajstić information content (AvgIpc) is 3.08. The molecule has 1 N–H and O–H groups in total. The molecule has 1 fully saturated rings. The maximum Gasteiger partial charge on any atom is 0.219 e. The first-order chi connectivity index (χ1) is 12.2. The van der Waals surface area contributed by atoms with Crippen LogP contribution in [0.15, 0.2) is 42.0 Å². The molecular weight excluding hydrogens is 332 g/mol. The van der Waals surface area contributed by atoms with Crippen LogP contribution in [0.3, 0.4) is 0 Å². The quantitative estimate of drug-likeness (QED) is 0.779. The molecule has 1 saturated heterocycles. The van der Waals surface area contributed by atoms with Gasteiger partial charge in [-0.1, -0.05) is 30.3 Å². The fraction of sp³-hybridized carbons (Fsp3) is 0.316. The Balaban J connectivity index is 1.62. The molecule has 0 bridgehead atoms. The van der Waals surface area contributed by atoms with Crippen molar-refractivity contribution in [2.45, 2.75) is 25.8 Å². The van der Waals surface area contributed by atoms with E-state index in [1.807, 2.05) is 23.1 Å². The zero-order valence-corrected chi connectivity index (χ0v) is 14.9. The first-order valence-electron chi connectivity index (χ1n) is 8.52. The third kappa shape index (κ3) is 3.22. The Morgan fingerprint density at radius 1 is 1.20 bits per heavy atom. The number of hydrogen-bond acceptors (Lipinski definition) is 5. The summed E-state index contributed by atoms with van der Waals surface area (Å²) in [5, 5.41) is 6.84. The smallest absolute Gasteiger partial charge is 0.219 e. The van der Waals surface area contributed by atoms with Gasteiger partial charge in [0.2, 0.25) is 5.91 Å². The Morgan fingerprint density at radius 3 is 2.68 bits per heavy atom. The Morgan fingerprint density at radius 2 is 1.96 bits per heavy atom. The van der Waals surface area contributed by atoms with Gasteiger partial charge in [0.1, 0.15) is 17.0 Å². The van der Waals surface area contributed by atoms with Crippen molar-refractivity contribution in [1.29, 1.82) is 0 Å². The SMILES string of the molecule is CC(=O)N1CCC(Nc2ncnc3scc(-c4ccccc4)c23)CC1. The molecule has 2 aromatic heterocycles. The maximum atomic E-state index is 11.5. The monoisotopic (exact) mass is 352 g/mol. The Hall–Kier alpha value is -2.47. The molecule has 1 amide bonds. The van der Waals surface area contributed by atoms with Gasteiger partial charge >= 0.3 is 0 Å². The van der Waals surface area contributed by atoms with Crippen LogP contribution in [0.5, 0.6) is 0 Å². The van der Waals surface area contributed by atoms with E-state index in [-0.39, 0.29) is 5.91 Å². The van der Waals surface area contributed by atoms with Crippen molar-refractivity contribution < 1.29 is 4.79 Å². The number of nitrogens with one attached hydrogen (secondary N) is 1. The van der Waals surface area contributed by atoms with Crippen LogP contribution in [0.4, 0.5) is 5.82 Å². The first kappa shape index (κ1) is 16.0. The molecule has 128 valence electrons. The number of piperidine rings is 1. The van der Waals surface area contributed by atoms with E-state index in [2.05, 4.69) is 32.8 Å². The minimum Gasteiger partial charge on any atom is -0.367 e. The third-order valence-electron chi connectivity index (χ3n) is 4.74. The van der Waals surface area contributed by atoms with Crippen molar-refractivity contribution in [2.75, 3.05) is 18.4 Å². The van der Waals surface area contributed by atoms with E-state index < -0.39 is 0 Å². The number of anilines is 1. The summed E-state index contributed by atoms with van der Waals surface area (Å²) in [4.78, 5) is 23.3. The van der Waals surface area contributed by atoms with E-state index in [1.54, 1.807) is 24.6 Å². The summed E-state index contributed by atoms with van der Waals surface area (Å²) in [6.07, 6.45) is 3.51. The fourth-order valence-electron chi connectivity index (χ4n) is 3.35. The van der Waals surface area contributed by atoms with E-state index in [4.69, 9.17) is 0 Å². The predicted octanol–water partition coefficient (Wildman–Crippen LogP) is 3.78. The van der Waals surface area contributed by atoms with Crippen molar-refractivity contribution >= 4 is 33.3 Å². The molecular formula is C19H20N4OS. The van der Waals surface area contributed by atoms with E-state index in [0.717, 1.165) is 42.0 Å². The normalized spacial score (nSPS) is 15.5. The highest BCUT2D eigenvalue weighted by molar-refractivity contribution is 7.17. The van der Waals surface area contributed by atoms with Crippen LogP contribution >= 0.6 is 11.3 Å². The van der Waals surface area contributed by atoms with Gasteiger partial charge in [0.25, 0.3) is 0 Å². The highest BCUT2D eigenvalue weighted by Crippen LogP contribution is 2.36. The summed E-state index contributed by atoms with van der Waals surface area (Å²) in [7, 11) is 0. The third-order valence-corrected chi connectivity index (χ3v) is 5.62. The lowest BCUT2D eigenvalue weighted by atomic mass is 10.0. The van der Waals surface area contributed by atoms with Crippen molar-refractivity contribution in [2.24, 2.45) is 0 Å². The molecule has 0 spiro atoms. The van der Waals surface area contributed by atoms with Gasteiger partial charge in [-0.15, -0.1) is 11.3 Å². The Labute approximate surface area is 150 Å². The molecule has 5 nitrogen and oxygen atoms in total. The molecule has 6 heteroatoms. The second-order valence-corrected chi connectivity index (χ2v) is 7.20. The number of likely N-dealkylation sites (tertiary alicyclic amines) is 1. The van der Waals surface area contributed by atoms with Gasteiger partial charge in [-0.25, -0.2) is 9.97 Å². The van der Waals surface area contributed by atoms with Gasteiger partial charge in [-0.05, 0) is 18.4 Å². The summed E-state index contributed by atoms with van der Waals surface area (Å²) in [6, 6.07) is 10.7. The van der Waals surface area contributed by atoms with E-state index in [1.165, 1.54) is 11.1 Å². The minimum absolute atomic E-state index is 0.159. The minimum atomic E-state index is 0.159. The van der Waals surface area contributed by atoms with Crippen LogP contribution in [0.25, 0.3) is 21.3 Å². The number of carbonyl (C=O) groups is 1. The maximum absolute atomic E-state index is 11.5. The van der Waals surface area contributed by atoms with Crippen LogP contribution in [0, 0.1) is 0 Å². The molecule has 1 aliphatic heterocycles. The number of benzene rings is 1. The highest BCUT2D eigenvalue weighted by atomic mass is 32.1. The topological polar surface area (TPSA) is 58.1 Å². The van der Waals surface area contributed by atoms with Crippen molar-refractivity contribution in [1.82, 2.24) is 14.9 Å². The van der Waals surface area contributed by atoms with Crippen LogP contribution in [0.2, 0.25) is 0 Å². The number of amides is 1. The lowest BCUT2D eigenvalue weighted by Crippen LogP contribution is -2.41. The van der Waals surface area contributed by atoms with Gasteiger partial charge in [0.15, 0.2) is 0 Å². The van der Waals surface area contributed by atoms with Gasteiger partial charge < -0.3 is 10.2 Å². The number of fused-ring (bicyclic) bond motifs is 1. The summed E-state index contributed by atoms with van der Waals surface area (Å²) >= 11 is 1.65. The lowest BCUT2D eigenvalue weighted by molar-refractivity contribution is -0.129. The summed E-state index contributed by atoms with van der Waals surface area (Å²) < 4.78 is 0. The van der Waals surface area contributed by atoms with Crippen LogP contribution in [-0.2, 0) is 4.79 Å². The molecule has 25 heavy (non-hydrogen) atoms. The predicted molar refractivity (Wildman–Crippen MR) is 102 cm³/mol. The standard InChI is InChI=1S/C19H20N4OS/c1-13(24)23-9-7-15(8-10-23)22-18-17-16(14-5-3-2-4-6-14)11-25-19(17)21-12-20-18/h2-6,11-12,15H,7-10H2,1H3,(H,20,21,22). The number of rotatable bonds is 3. The summed E-state index contributed by atoms with van der Waals surface area (Å²) in [5.41, 5.74) is 2.35. The molecule has 3 heterocycles. The average molecular weight is 352 g/mol.